The summed E-state index contributed by atoms with van der Waals surface area (Å²) in [6, 6.07) is 6.40. The molecule has 2 aromatic rings. The first kappa shape index (κ1) is 16.5. The highest BCUT2D eigenvalue weighted by Gasteiger charge is 2.35. The summed E-state index contributed by atoms with van der Waals surface area (Å²) >= 11 is 0. The lowest BCUT2D eigenvalue weighted by atomic mass is 9.90. The fourth-order valence-electron chi connectivity index (χ4n) is 4.30. The second kappa shape index (κ2) is 6.71. The molecule has 1 aromatic carbocycles. The van der Waals surface area contributed by atoms with Crippen molar-refractivity contribution >= 4 is 0 Å². The predicted octanol–water partition coefficient (Wildman–Crippen LogP) is 4.04. The van der Waals surface area contributed by atoms with Crippen molar-refractivity contribution in [2.75, 3.05) is 20.8 Å². The van der Waals surface area contributed by atoms with Crippen LogP contribution >= 0.6 is 0 Å². The van der Waals surface area contributed by atoms with Crippen molar-refractivity contribution in [3.05, 3.63) is 29.7 Å². The number of hydrogen-bond acceptors (Lipinski definition) is 5. The first-order chi connectivity index (χ1) is 12.2. The smallest absolute Gasteiger partial charge is 0.230 e. The van der Waals surface area contributed by atoms with Crippen molar-refractivity contribution in [2.24, 2.45) is 5.92 Å². The predicted molar refractivity (Wildman–Crippen MR) is 95.9 cm³/mol. The van der Waals surface area contributed by atoms with Gasteiger partial charge in [0.15, 0.2) is 0 Å². The number of hydrogen-bond donors (Lipinski definition) is 0. The minimum atomic E-state index is 0.602. The molecule has 0 radical (unpaired) electrons. The van der Waals surface area contributed by atoms with Gasteiger partial charge in [-0.1, -0.05) is 6.42 Å². The molecule has 1 saturated heterocycles. The van der Waals surface area contributed by atoms with Gasteiger partial charge in [0.1, 0.15) is 17.3 Å². The summed E-state index contributed by atoms with van der Waals surface area (Å²) in [5, 5.41) is 0. The zero-order valence-corrected chi connectivity index (χ0v) is 15.2. The van der Waals surface area contributed by atoms with E-state index in [2.05, 4.69) is 4.90 Å². The molecule has 2 atom stereocenters. The van der Waals surface area contributed by atoms with E-state index >= 15 is 0 Å². The molecule has 1 aliphatic heterocycles. The van der Waals surface area contributed by atoms with Crippen LogP contribution in [-0.2, 0) is 6.54 Å². The molecule has 0 unspecified atom stereocenters. The molecule has 0 amide bonds. The molecular weight excluding hydrogens is 316 g/mol. The monoisotopic (exact) mass is 342 g/mol. The van der Waals surface area contributed by atoms with Crippen LogP contribution in [0.3, 0.4) is 0 Å². The summed E-state index contributed by atoms with van der Waals surface area (Å²) in [5.41, 5.74) is 1.86. The number of rotatable bonds is 5. The maximum Gasteiger partial charge on any atom is 0.230 e. The van der Waals surface area contributed by atoms with E-state index in [0.717, 1.165) is 47.0 Å². The SMILES string of the molecule is COc1ccc(OC)c(-c2nc(CN3C[C@@H]4CCC[C@H]3C4)c(C)o2)c1. The fraction of sp³-hybridized carbons (Fsp3) is 0.550. The third kappa shape index (κ3) is 3.13. The number of methoxy groups -OCH3 is 2. The maximum atomic E-state index is 5.99. The van der Waals surface area contributed by atoms with Crippen LogP contribution in [0.1, 0.15) is 37.1 Å². The van der Waals surface area contributed by atoms with E-state index in [-0.39, 0.29) is 0 Å². The largest absolute Gasteiger partial charge is 0.497 e. The van der Waals surface area contributed by atoms with Gasteiger partial charge in [-0.2, -0.15) is 0 Å². The minimum absolute atomic E-state index is 0.602. The molecular formula is C20H26N2O3. The van der Waals surface area contributed by atoms with Gasteiger partial charge >= 0.3 is 0 Å². The van der Waals surface area contributed by atoms with Crippen LogP contribution in [0.25, 0.3) is 11.5 Å². The van der Waals surface area contributed by atoms with Crippen LogP contribution < -0.4 is 9.47 Å². The van der Waals surface area contributed by atoms with E-state index in [9.17, 15) is 0 Å². The molecule has 1 saturated carbocycles. The quantitative estimate of drug-likeness (QED) is 0.821. The standard InChI is InChI=1S/C20H26N2O3/c1-13-18(12-22-11-14-5-4-6-15(22)9-14)21-20(25-13)17-10-16(23-2)7-8-19(17)24-3/h7-8,10,14-15H,4-6,9,11-12H2,1-3H3/t14-,15+/m1/s1. The number of aromatic nitrogens is 1. The lowest BCUT2D eigenvalue weighted by Crippen LogP contribution is -2.28. The Labute approximate surface area is 148 Å². The van der Waals surface area contributed by atoms with E-state index in [4.69, 9.17) is 18.9 Å². The zero-order chi connectivity index (χ0) is 17.4. The van der Waals surface area contributed by atoms with Gasteiger partial charge in [0, 0.05) is 19.1 Å². The number of benzene rings is 1. The van der Waals surface area contributed by atoms with Crippen molar-refractivity contribution in [3.63, 3.8) is 0 Å². The Kier molecular flexibility index (Phi) is 4.42. The molecule has 1 aromatic heterocycles. The third-order valence-electron chi connectivity index (χ3n) is 5.65. The van der Waals surface area contributed by atoms with Gasteiger partial charge in [-0.25, -0.2) is 4.98 Å². The van der Waals surface area contributed by atoms with Crippen molar-refractivity contribution in [1.29, 1.82) is 0 Å². The summed E-state index contributed by atoms with van der Waals surface area (Å²) in [4.78, 5) is 7.39. The number of oxazole rings is 1. The van der Waals surface area contributed by atoms with Gasteiger partial charge < -0.3 is 13.9 Å². The Hall–Kier alpha value is -2.01. The van der Waals surface area contributed by atoms with Crippen LogP contribution in [-0.4, -0.2) is 36.7 Å². The van der Waals surface area contributed by atoms with E-state index < -0.39 is 0 Å². The van der Waals surface area contributed by atoms with Gasteiger partial charge in [-0.05, 0) is 50.3 Å². The Morgan fingerprint density at radius 2 is 2.12 bits per heavy atom. The van der Waals surface area contributed by atoms with Gasteiger partial charge in [0.2, 0.25) is 5.89 Å². The molecule has 2 bridgehead atoms. The van der Waals surface area contributed by atoms with Gasteiger partial charge in [-0.15, -0.1) is 0 Å². The normalized spacial score (nSPS) is 23.0. The van der Waals surface area contributed by atoms with Crippen LogP contribution in [0.15, 0.2) is 22.6 Å². The minimum Gasteiger partial charge on any atom is -0.497 e. The fourth-order valence-corrected chi connectivity index (χ4v) is 4.30. The molecule has 0 spiro atoms. The van der Waals surface area contributed by atoms with E-state index in [1.54, 1.807) is 14.2 Å². The van der Waals surface area contributed by atoms with Crippen molar-refractivity contribution in [1.82, 2.24) is 9.88 Å². The molecule has 1 aliphatic carbocycles. The molecule has 2 fully saturated rings. The van der Waals surface area contributed by atoms with Crippen molar-refractivity contribution in [2.45, 2.75) is 45.2 Å². The molecule has 2 heterocycles. The highest BCUT2D eigenvalue weighted by molar-refractivity contribution is 5.65. The summed E-state index contributed by atoms with van der Waals surface area (Å²) < 4.78 is 16.8. The van der Waals surface area contributed by atoms with E-state index in [1.807, 2.05) is 25.1 Å². The average Bonchev–Trinajstić information content (AvgIpc) is 3.13. The molecule has 25 heavy (non-hydrogen) atoms. The van der Waals surface area contributed by atoms with Gasteiger partial charge in [0.05, 0.1) is 25.5 Å². The van der Waals surface area contributed by atoms with Crippen LogP contribution in [0.2, 0.25) is 0 Å². The van der Waals surface area contributed by atoms with Crippen molar-refractivity contribution < 1.29 is 13.9 Å². The summed E-state index contributed by atoms with van der Waals surface area (Å²) in [5.74, 6) is 3.88. The number of fused-ring (bicyclic) bond motifs is 2. The molecule has 134 valence electrons. The Morgan fingerprint density at radius 1 is 1.24 bits per heavy atom. The first-order valence-corrected chi connectivity index (χ1v) is 9.10. The topological polar surface area (TPSA) is 47.7 Å². The first-order valence-electron chi connectivity index (χ1n) is 9.10. The highest BCUT2D eigenvalue weighted by atomic mass is 16.5. The second-order valence-corrected chi connectivity index (χ2v) is 7.20. The summed E-state index contributed by atoms with van der Waals surface area (Å²) in [6.45, 7) is 4.08. The van der Waals surface area contributed by atoms with Crippen LogP contribution in [0, 0.1) is 12.8 Å². The van der Waals surface area contributed by atoms with Gasteiger partial charge in [-0.3, -0.25) is 4.90 Å². The summed E-state index contributed by atoms with van der Waals surface area (Å²) in [6.07, 6.45) is 5.43. The van der Waals surface area contributed by atoms with Gasteiger partial charge in [0.25, 0.3) is 0 Å². The Bertz CT molecular complexity index is 755. The van der Waals surface area contributed by atoms with Crippen LogP contribution in [0.4, 0.5) is 0 Å². The Morgan fingerprint density at radius 3 is 2.88 bits per heavy atom. The average molecular weight is 342 g/mol. The number of aryl methyl sites for hydroxylation is 1. The lowest BCUT2D eigenvalue weighted by Gasteiger charge is -2.23. The van der Waals surface area contributed by atoms with Crippen LogP contribution in [0.5, 0.6) is 11.5 Å². The van der Waals surface area contributed by atoms with E-state index in [0.29, 0.717) is 5.89 Å². The maximum absolute atomic E-state index is 5.99. The molecule has 5 nitrogen and oxygen atoms in total. The number of nitrogens with zero attached hydrogens (tertiary/aromatic N) is 2. The van der Waals surface area contributed by atoms with E-state index in [1.165, 1.54) is 32.2 Å². The molecule has 2 aliphatic rings. The lowest BCUT2D eigenvalue weighted by molar-refractivity contribution is 0.233. The Balaban J connectivity index is 1.60. The summed E-state index contributed by atoms with van der Waals surface area (Å²) in [7, 11) is 3.32. The molecule has 5 heteroatoms. The highest BCUT2D eigenvalue weighted by Crippen LogP contribution is 2.38. The zero-order valence-electron chi connectivity index (χ0n) is 15.2. The third-order valence-corrected chi connectivity index (χ3v) is 5.65. The number of ether oxygens (including phenoxy) is 2. The number of likely N-dealkylation sites (tertiary alicyclic amines) is 1. The van der Waals surface area contributed by atoms with Crippen molar-refractivity contribution in [3.8, 4) is 23.0 Å². The molecule has 4 rings (SSSR count). The second-order valence-electron chi connectivity index (χ2n) is 7.20. The molecule has 0 N–H and O–H groups in total.